The van der Waals surface area contributed by atoms with Gasteiger partial charge in [0.15, 0.2) is 0 Å². The third-order valence-electron chi connectivity index (χ3n) is 1.21. The van der Waals surface area contributed by atoms with E-state index in [9.17, 15) is 35.1 Å². The van der Waals surface area contributed by atoms with Gasteiger partial charge in [-0.2, -0.15) is 8.78 Å². The van der Waals surface area contributed by atoms with E-state index < -0.39 is 34.2 Å². The van der Waals surface area contributed by atoms with Crippen LogP contribution in [0.1, 0.15) is 0 Å². The van der Waals surface area contributed by atoms with Gasteiger partial charge in [0, 0.05) is 6.04 Å². The Morgan fingerprint density at radius 3 is 1.61 bits per heavy atom. The Balaban J connectivity index is 5.20. The lowest BCUT2D eigenvalue weighted by molar-refractivity contribution is -0.341. The van der Waals surface area contributed by atoms with Gasteiger partial charge in [0.2, 0.25) is 0 Å². The second kappa shape index (κ2) is 5.95. The third kappa shape index (κ3) is 7.57. The van der Waals surface area contributed by atoms with E-state index in [1.807, 2.05) is 0 Å². The van der Waals surface area contributed by atoms with E-state index in [1.54, 1.807) is 0 Å². The summed E-state index contributed by atoms with van der Waals surface area (Å²) in [4.78, 5) is 0. The SMILES string of the molecule is C=CC[Si](OC(F)F)(OC(F)(F)F)OC(F)(F)F. The van der Waals surface area contributed by atoms with E-state index in [0.717, 1.165) is 0 Å². The van der Waals surface area contributed by atoms with E-state index >= 15 is 0 Å². The lowest BCUT2D eigenvalue weighted by Gasteiger charge is -2.29. The molecule has 18 heavy (non-hydrogen) atoms. The van der Waals surface area contributed by atoms with Crippen LogP contribution >= 0.6 is 0 Å². The summed E-state index contributed by atoms with van der Waals surface area (Å²) in [6.07, 6.45) is -10.8. The molecular weight excluding hydrogens is 300 g/mol. The van der Waals surface area contributed by atoms with Crippen LogP contribution in [0.25, 0.3) is 0 Å². The molecule has 0 aromatic rings. The Morgan fingerprint density at radius 2 is 1.39 bits per heavy atom. The molecule has 12 heteroatoms. The van der Waals surface area contributed by atoms with Crippen LogP contribution in [0.2, 0.25) is 6.04 Å². The van der Waals surface area contributed by atoms with Crippen molar-refractivity contribution in [2.45, 2.75) is 25.4 Å². The number of hydrogen-bond acceptors (Lipinski definition) is 3. The van der Waals surface area contributed by atoms with Gasteiger partial charge >= 0.3 is 28.1 Å². The highest BCUT2D eigenvalue weighted by molar-refractivity contribution is 6.61. The first-order valence-electron chi connectivity index (χ1n) is 4.00. The molecule has 0 atom stereocenters. The highest BCUT2D eigenvalue weighted by atomic mass is 28.4. The van der Waals surface area contributed by atoms with Gasteiger partial charge < -0.3 is 4.43 Å². The Kier molecular flexibility index (Phi) is 5.71. The van der Waals surface area contributed by atoms with Gasteiger partial charge in [-0.05, 0) is 0 Å². The van der Waals surface area contributed by atoms with Gasteiger partial charge in [0.05, 0.1) is 0 Å². The average molecular weight is 306 g/mol. The number of hydrogen-bond donors (Lipinski definition) is 0. The fraction of sp³-hybridized carbons (Fsp3) is 0.667. The predicted octanol–water partition coefficient (Wildman–Crippen LogP) is 3.42. The maximum absolute atomic E-state index is 11.9. The summed E-state index contributed by atoms with van der Waals surface area (Å²) in [5.41, 5.74) is 0. The predicted molar refractivity (Wildman–Crippen MR) is 42.1 cm³/mol. The molecule has 0 saturated carbocycles. The molecule has 0 aliphatic carbocycles. The van der Waals surface area contributed by atoms with E-state index in [2.05, 4.69) is 19.9 Å². The monoisotopic (exact) mass is 306 g/mol. The van der Waals surface area contributed by atoms with Crippen LogP contribution < -0.4 is 0 Å². The molecular formula is C6H6F8O3Si. The van der Waals surface area contributed by atoms with Crippen LogP contribution in [-0.4, -0.2) is 28.1 Å². The third-order valence-corrected chi connectivity index (χ3v) is 3.62. The van der Waals surface area contributed by atoms with Crippen molar-refractivity contribution in [3.05, 3.63) is 12.7 Å². The molecule has 0 N–H and O–H groups in total. The minimum absolute atomic E-state index is 0.492. The molecule has 0 radical (unpaired) electrons. The van der Waals surface area contributed by atoms with E-state index in [4.69, 9.17) is 0 Å². The van der Waals surface area contributed by atoms with Crippen molar-refractivity contribution in [2.75, 3.05) is 0 Å². The van der Waals surface area contributed by atoms with E-state index in [1.165, 1.54) is 0 Å². The van der Waals surface area contributed by atoms with Gasteiger partial charge in [-0.15, -0.1) is 32.9 Å². The Bertz CT molecular complexity index is 259. The standard InChI is InChI=1S/C6H6F8O3Si/c1-2-3-18(15-4(7)8,16-5(9,10)11)17-6(12,13)14/h2,4H,1,3H2. The summed E-state index contributed by atoms with van der Waals surface area (Å²) in [5.74, 6) is 0. The maximum atomic E-state index is 11.9. The first-order valence-corrected chi connectivity index (χ1v) is 5.93. The van der Waals surface area contributed by atoms with Crippen LogP contribution in [0.15, 0.2) is 12.7 Å². The van der Waals surface area contributed by atoms with Crippen molar-refractivity contribution < 1.29 is 48.4 Å². The zero-order valence-electron chi connectivity index (χ0n) is 8.32. The van der Waals surface area contributed by atoms with Crippen LogP contribution in [-0.2, 0) is 13.3 Å². The van der Waals surface area contributed by atoms with Crippen molar-refractivity contribution >= 4 is 8.80 Å². The molecule has 0 aliphatic heterocycles. The van der Waals surface area contributed by atoms with Gasteiger partial charge in [-0.3, -0.25) is 8.85 Å². The summed E-state index contributed by atoms with van der Waals surface area (Å²) >= 11 is 0. The van der Waals surface area contributed by atoms with E-state index in [0.29, 0.717) is 6.08 Å². The zero-order valence-corrected chi connectivity index (χ0v) is 9.32. The topological polar surface area (TPSA) is 27.7 Å². The molecule has 0 heterocycles. The lowest BCUT2D eigenvalue weighted by Crippen LogP contribution is -2.53. The van der Waals surface area contributed by atoms with Crippen LogP contribution in [0.4, 0.5) is 35.1 Å². The maximum Gasteiger partial charge on any atom is 0.521 e. The minimum Gasteiger partial charge on any atom is -0.315 e. The Hall–Kier alpha value is -0.723. The number of alkyl halides is 8. The van der Waals surface area contributed by atoms with Crippen molar-refractivity contribution in [2.24, 2.45) is 0 Å². The van der Waals surface area contributed by atoms with Gasteiger partial charge in [-0.1, -0.05) is 6.08 Å². The second-order valence-electron chi connectivity index (χ2n) is 2.65. The van der Waals surface area contributed by atoms with Crippen molar-refractivity contribution in [1.82, 2.24) is 0 Å². The quantitative estimate of drug-likeness (QED) is 0.427. The highest BCUT2D eigenvalue weighted by Crippen LogP contribution is 2.33. The highest BCUT2D eigenvalue weighted by Gasteiger charge is 2.57. The number of halogens is 8. The molecule has 0 amide bonds. The molecule has 0 aromatic carbocycles. The van der Waals surface area contributed by atoms with Gasteiger partial charge in [0.25, 0.3) is 0 Å². The van der Waals surface area contributed by atoms with Gasteiger partial charge in [-0.25, -0.2) is 0 Å². The van der Waals surface area contributed by atoms with Gasteiger partial charge in [0.1, 0.15) is 0 Å². The summed E-state index contributed by atoms with van der Waals surface area (Å²) in [7, 11) is -5.75. The molecule has 0 bridgehead atoms. The van der Waals surface area contributed by atoms with Crippen LogP contribution in [0.5, 0.6) is 0 Å². The molecule has 0 aromatic heterocycles. The zero-order chi connectivity index (χ0) is 14.6. The first-order chi connectivity index (χ1) is 7.89. The van der Waals surface area contributed by atoms with Crippen molar-refractivity contribution in [3.63, 3.8) is 0 Å². The summed E-state index contributed by atoms with van der Waals surface area (Å²) in [6, 6.07) is -1.30. The largest absolute Gasteiger partial charge is 0.521 e. The molecule has 3 nitrogen and oxygen atoms in total. The lowest BCUT2D eigenvalue weighted by atomic mass is 10.8. The molecule has 0 unspecified atom stereocenters. The minimum atomic E-state index is -5.75. The van der Waals surface area contributed by atoms with Crippen LogP contribution in [0.3, 0.4) is 0 Å². The first kappa shape index (κ1) is 17.3. The molecule has 0 rings (SSSR count). The Morgan fingerprint density at radius 1 is 1.00 bits per heavy atom. The van der Waals surface area contributed by atoms with Crippen molar-refractivity contribution in [3.8, 4) is 0 Å². The molecule has 0 spiro atoms. The fourth-order valence-electron chi connectivity index (χ4n) is 0.866. The second-order valence-corrected chi connectivity index (χ2v) is 5.07. The average Bonchev–Trinajstić information content (AvgIpc) is 1.93. The number of rotatable bonds is 6. The molecule has 108 valence electrons. The molecule has 0 aliphatic rings. The normalized spacial score (nSPS) is 14.1. The number of allylic oxidation sites excluding steroid dienone is 1. The fourth-order valence-corrected chi connectivity index (χ4v) is 2.60. The molecule has 0 fully saturated rings. The molecule has 0 saturated heterocycles. The van der Waals surface area contributed by atoms with Crippen LogP contribution in [0, 0.1) is 0 Å². The Labute approximate surface area is 96.3 Å². The van der Waals surface area contributed by atoms with E-state index in [-0.39, 0.29) is 0 Å². The smallest absolute Gasteiger partial charge is 0.315 e. The summed E-state index contributed by atoms with van der Waals surface area (Å²) < 4.78 is 104. The van der Waals surface area contributed by atoms with Crippen molar-refractivity contribution in [1.29, 1.82) is 0 Å². The summed E-state index contributed by atoms with van der Waals surface area (Å²) in [5, 5.41) is 0. The summed E-state index contributed by atoms with van der Waals surface area (Å²) in [6.45, 7) is -1.10.